The van der Waals surface area contributed by atoms with Crippen LogP contribution < -0.4 is 10.5 Å². The zero-order valence-corrected chi connectivity index (χ0v) is 10.3. The van der Waals surface area contributed by atoms with Crippen molar-refractivity contribution >= 4 is 0 Å². The zero-order valence-electron chi connectivity index (χ0n) is 10.3. The van der Waals surface area contributed by atoms with Crippen LogP contribution in [0.2, 0.25) is 0 Å². The first kappa shape index (κ1) is 12.4. The van der Waals surface area contributed by atoms with Crippen molar-refractivity contribution < 1.29 is 9.13 Å². The molecule has 0 heterocycles. The summed E-state index contributed by atoms with van der Waals surface area (Å²) in [6, 6.07) is 7.83. The molecule has 0 saturated heterocycles. The van der Waals surface area contributed by atoms with Crippen LogP contribution >= 0.6 is 0 Å². The highest BCUT2D eigenvalue weighted by molar-refractivity contribution is 5.34. The van der Waals surface area contributed by atoms with E-state index in [0.717, 1.165) is 24.2 Å². The fraction of sp³-hybridized carbons (Fsp3) is 0.571. The minimum absolute atomic E-state index is 0.177. The first-order valence-electron chi connectivity index (χ1n) is 6.19. The number of halogens is 1. The Morgan fingerprint density at radius 2 is 2.00 bits per heavy atom. The molecule has 17 heavy (non-hydrogen) atoms. The molecule has 2 rings (SSSR count). The van der Waals surface area contributed by atoms with Crippen molar-refractivity contribution in [1.29, 1.82) is 0 Å². The summed E-state index contributed by atoms with van der Waals surface area (Å²) >= 11 is 0. The van der Waals surface area contributed by atoms with Gasteiger partial charge in [-0.3, -0.25) is 0 Å². The number of nitrogens with two attached hydrogens (primary N) is 1. The van der Waals surface area contributed by atoms with Gasteiger partial charge < -0.3 is 10.5 Å². The lowest BCUT2D eigenvalue weighted by Crippen LogP contribution is -2.37. The molecule has 1 aliphatic carbocycles. The standard InChI is InChI=1S/C14H20FNO/c1-17-13-5-3-2-4-11(13)10-14(15)8-6-12(16)7-9-14/h2-5,12H,6-10,16H2,1H3. The lowest BCUT2D eigenvalue weighted by Gasteiger charge is -2.32. The molecular weight excluding hydrogens is 217 g/mol. The Morgan fingerprint density at radius 1 is 1.35 bits per heavy atom. The van der Waals surface area contributed by atoms with Crippen molar-refractivity contribution in [3.05, 3.63) is 29.8 Å². The molecule has 1 aromatic carbocycles. The molecule has 0 radical (unpaired) electrons. The van der Waals surface area contributed by atoms with Gasteiger partial charge in [0.2, 0.25) is 0 Å². The molecule has 0 bridgehead atoms. The van der Waals surface area contributed by atoms with Crippen LogP contribution in [0.5, 0.6) is 5.75 Å². The van der Waals surface area contributed by atoms with Gasteiger partial charge in [-0.05, 0) is 37.3 Å². The summed E-state index contributed by atoms with van der Waals surface area (Å²) in [6.45, 7) is 0. The number of hydrogen-bond acceptors (Lipinski definition) is 2. The van der Waals surface area contributed by atoms with Gasteiger partial charge in [-0.2, -0.15) is 0 Å². The number of rotatable bonds is 3. The highest BCUT2D eigenvalue weighted by Crippen LogP contribution is 2.36. The van der Waals surface area contributed by atoms with Crippen LogP contribution in [0.3, 0.4) is 0 Å². The number of methoxy groups -OCH3 is 1. The monoisotopic (exact) mass is 237 g/mol. The number of benzene rings is 1. The van der Waals surface area contributed by atoms with Gasteiger partial charge in [0.05, 0.1) is 7.11 Å². The minimum atomic E-state index is -1.11. The van der Waals surface area contributed by atoms with E-state index in [2.05, 4.69) is 0 Å². The average Bonchev–Trinajstić information content (AvgIpc) is 2.34. The van der Waals surface area contributed by atoms with Crippen molar-refractivity contribution in [1.82, 2.24) is 0 Å². The molecule has 94 valence electrons. The third-order valence-corrected chi connectivity index (χ3v) is 3.63. The minimum Gasteiger partial charge on any atom is -0.496 e. The van der Waals surface area contributed by atoms with E-state index in [1.54, 1.807) is 7.11 Å². The van der Waals surface area contributed by atoms with Crippen molar-refractivity contribution in [2.45, 2.75) is 43.8 Å². The van der Waals surface area contributed by atoms with Crippen LogP contribution in [0.4, 0.5) is 4.39 Å². The first-order chi connectivity index (χ1) is 8.13. The Kier molecular flexibility index (Phi) is 3.67. The maximum atomic E-state index is 14.6. The molecule has 1 saturated carbocycles. The molecular formula is C14H20FNO. The maximum absolute atomic E-state index is 14.6. The third-order valence-electron chi connectivity index (χ3n) is 3.63. The quantitative estimate of drug-likeness (QED) is 0.877. The molecule has 1 aromatic rings. The van der Waals surface area contributed by atoms with Gasteiger partial charge in [0, 0.05) is 12.5 Å². The second kappa shape index (κ2) is 5.05. The van der Waals surface area contributed by atoms with E-state index >= 15 is 0 Å². The van der Waals surface area contributed by atoms with E-state index in [0.29, 0.717) is 19.3 Å². The fourth-order valence-electron chi connectivity index (χ4n) is 2.52. The molecule has 0 atom stereocenters. The summed E-state index contributed by atoms with van der Waals surface area (Å²) in [5.41, 5.74) is 5.66. The largest absolute Gasteiger partial charge is 0.496 e. The molecule has 0 spiro atoms. The van der Waals surface area contributed by atoms with Crippen molar-refractivity contribution in [2.24, 2.45) is 5.73 Å². The highest BCUT2D eigenvalue weighted by Gasteiger charge is 2.34. The van der Waals surface area contributed by atoms with Crippen LogP contribution in [-0.4, -0.2) is 18.8 Å². The molecule has 0 unspecified atom stereocenters. The topological polar surface area (TPSA) is 35.2 Å². The summed E-state index contributed by atoms with van der Waals surface area (Å²) in [5, 5.41) is 0. The Labute approximate surface area is 102 Å². The second-order valence-corrected chi connectivity index (χ2v) is 4.98. The third kappa shape index (κ3) is 2.97. The normalized spacial score (nSPS) is 29.0. The van der Waals surface area contributed by atoms with Crippen molar-refractivity contribution in [3.8, 4) is 5.75 Å². The van der Waals surface area contributed by atoms with Crippen LogP contribution in [0, 0.1) is 0 Å². The number of para-hydroxylation sites is 1. The van der Waals surface area contributed by atoms with E-state index in [4.69, 9.17) is 10.5 Å². The first-order valence-corrected chi connectivity index (χ1v) is 6.19. The van der Waals surface area contributed by atoms with Gasteiger partial charge in [0.15, 0.2) is 0 Å². The number of ether oxygens (including phenoxy) is 1. The predicted octanol–water partition coefficient (Wildman–Crippen LogP) is 2.85. The number of hydrogen-bond donors (Lipinski definition) is 1. The zero-order chi connectivity index (χ0) is 12.3. The Morgan fingerprint density at radius 3 is 2.65 bits per heavy atom. The summed E-state index contributed by atoms with van der Waals surface area (Å²) in [5.74, 6) is 0.777. The van der Waals surface area contributed by atoms with Crippen molar-refractivity contribution in [3.63, 3.8) is 0 Å². The van der Waals surface area contributed by atoms with E-state index in [-0.39, 0.29) is 6.04 Å². The van der Waals surface area contributed by atoms with E-state index in [1.807, 2.05) is 24.3 Å². The summed E-state index contributed by atoms with van der Waals surface area (Å²) in [4.78, 5) is 0. The summed E-state index contributed by atoms with van der Waals surface area (Å²) < 4.78 is 19.9. The highest BCUT2D eigenvalue weighted by atomic mass is 19.1. The predicted molar refractivity (Wildman–Crippen MR) is 67.0 cm³/mol. The second-order valence-electron chi connectivity index (χ2n) is 4.98. The molecule has 1 aliphatic rings. The van der Waals surface area contributed by atoms with E-state index < -0.39 is 5.67 Å². The van der Waals surface area contributed by atoms with Crippen LogP contribution in [0.25, 0.3) is 0 Å². The van der Waals surface area contributed by atoms with Gasteiger partial charge in [0.25, 0.3) is 0 Å². The number of alkyl halides is 1. The molecule has 0 amide bonds. The van der Waals surface area contributed by atoms with Crippen LogP contribution in [-0.2, 0) is 6.42 Å². The van der Waals surface area contributed by atoms with Gasteiger partial charge >= 0.3 is 0 Å². The fourth-order valence-corrected chi connectivity index (χ4v) is 2.52. The maximum Gasteiger partial charge on any atom is 0.122 e. The van der Waals surface area contributed by atoms with E-state index in [1.165, 1.54) is 0 Å². The Balaban J connectivity index is 2.09. The molecule has 3 heteroatoms. The van der Waals surface area contributed by atoms with Crippen LogP contribution in [0.15, 0.2) is 24.3 Å². The van der Waals surface area contributed by atoms with Crippen LogP contribution in [0.1, 0.15) is 31.2 Å². The van der Waals surface area contributed by atoms with E-state index in [9.17, 15) is 4.39 Å². The molecule has 0 aromatic heterocycles. The van der Waals surface area contributed by atoms with Gasteiger partial charge in [-0.25, -0.2) is 4.39 Å². The molecule has 2 N–H and O–H groups in total. The SMILES string of the molecule is COc1ccccc1CC1(F)CCC(N)CC1. The summed E-state index contributed by atoms with van der Waals surface area (Å²) in [6.07, 6.45) is 3.12. The molecule has 0 aliphatic heterocycles. The lowest BCUT2D eigenvalue weighted by molar-refractivity contribution is 0.0987. The average molecular weight is 237 g/mol. The molecule has 2 nitrogen and oxygen atoms in total. The summed E-state index contributed by atoms with van der Waals surface area (Å²) in [7, 11) is 1.63. The molecule has 1 fully saturated rings. The van der Waals surface area contributed by atoms with Gasteiger partial charge in [-0.15, -0.1) is 0 Å². The van der Waals surface area contributed by atoms with Crippen molar-refractivity contribution in [2.75, 3.05) is 7.11 Å². The van der Waals surface area contributed by atoms with Gasteiger partial charge in [0.1, 0.15) is 11.4 Å². The lowest BCUT2D eigenvalue weighted by atomic mass is 9.80. The Bertz CT molecular complexity index is 372. The smallest absolute Gasteiger partial charge is 0.122 e. The Hall–Kier alpha value is -1.09. The van der Waals surface area contributed by atoms with Gasteiger partial charge in [-0.1, -0.05) is 18.2 Å².